The van der Waals surface area contributed by atoms with Crippen LogP contribution in [0.5, 0.6) is 0 Å². The van der Waals surface area contributed by atoms with Crippen molar-refractivity contribution in [3.8, 4) is 0 Å². The third kappa shape index (κ3) is 2.07. The predicted molar refractivity (Wildman–Crippen MR) is 71.9 cm³/mol. The number of halogens is 2. The second kappa shape index (κ2) is 5.14. The number of fused-ring (bicyclic) bond motifs is 1. The summed E-state index contributed by atoms with van der Waals surface area (Å²) >= 11 is 0. The van der Waals surface area contributed by atoms with E-state index >= 15 is 0 Å². The number of cyclic esters (lactones) is 1. The van der Waals surface area contributed by atoms with Crippen LogP contribution in [0.1, 0.15) is 18.8 Å². The highest BCUT2D eigenvalue weighted by atomic mass is 19.2. The van der Waals surface area contributed by atoms with Crippen molar-refractivity contribution < 1.29 is 32.3 Å². The number of anilines is 1. The number of aromatic nitrogens is 1. The van der Waals surface area contributed by atoms with E-state index in [2.05, 4.69) is 5.16 Å². The Morgan fingerprint density at radius 1 is 1.26 bits per heavy atom. The molecule has 3 heterocycles. The van der Waals surface area contributed by atoms with Crippen molar-refractivity contribution in [1.29, 1.82) is 0 Å². The van der Waals surface area contributed by atoms with Crippen LogP contribution in [0.25, 0.3) is 11.0 Å². The molecule has 9 heteroatoms. The maximum Gasteiger partial charge on any atom is 0.416 e. The molecule has 2 aliphatic heterocycles. The van der Waals surface area contributed by atoms with Crippen LogP contribution in [-0.4, -0.2) is 37.1 Å². The van der Waals surface area contributed by atoms with Crippen LogP contribution in [0.4, 0.5) is 19.4 Å². The average Bonchev–Trinajstić information content (AvgIpc) is 3.24. The van der Waals surface area contributed by atoms with E-state index < -0.39 is 24.0 Å². The lowest BCUT2D eigenvalue weighted by Crippen LogP contribution is -2.31. The van der Waals surface area contributed by atoms with Crippen LogP contribution in [0, 0.1) is 11.6 Å². The van der Waals surface area contributed by atoms with Gasteiger partial charge in [-0.2, -0.15) is 4.39 Å². The number of amides is 1. The molecule has 2 aromatic rings. The molecule has 0 radical (unpaired) electrons. The molecule has 0 aliphatic carbocycles. The Bertz CT molecular complexity index is 787. The highest BCUT2D eigenvalue weighted by Crippen LogP contribution is 2.37. The van der Waals surface area contributed by atoms with Crippen molar-refractivity contribution in [1.82, 2.24) is 5.16 Å². The van der Waals surface area contributed by atoms with Crippen LogP contribution in [0.2, 0.25) is 0 Å². The van der Waals surface area contributed by atoms with E-state index in [1.54, 1.807) is 6.92 Å². The highest BCUT2D eigenvalue weighted by Gasteiger charge is 2.36. The molecular formula is C14H12F2N2O5. The molecule has 2 saturated heterocycles. The Labute approximate surface area is 128 Å². The molecule has 1 aromatic carbocycles. The molecule has 0 spiro atoms. The van der Waals surface area contributed by atoms with Gasteiger partial charge in [0, 0.05) is 5.56 Å². The van der Waals surface area contributed by atoms with Gasteiger partial charge in [-0.3, -0.25) is 4.90 Å². The summed E-state index contributed by atoms with van der Waals surface area (Å²) < 4.78 is 48.7. The van der Waals surface area contributed by atoms with Crippen molar-refractivity contribution in [2.24, 2.45) is 0 Å². The quantitative estimate of drug-likeness (QED) is 0.844. The van der Waals surface area contributed by atoms with E-state index in [1.165, 1.54) is 11.0 Å². The molecule has 0 bridgehead atoms. The first-order chi connectivity index (χ1) is 11.1. The molecule has 2 fully saturated rings. The summed E-state index contributed by atoms with van der Waals surface area (Å²) in [6.45, 7) is 2.50. The van der Waals surface area contributed by atoms with Crippen molar-refractivity contribution in [3.63, 3.8) is 0 Å². The molecule has 1 amide bonds. The zero-order valence-electron chi connectivity index (χ0n) is 12.0. The second-order valence-corrected chi connectivity index (χ2v) is 5.35. The van der Waals surface area contributed by atoms with E-state index in [4.69, 9.17) is 18.7 Å². The van der Waals surface area contributed by atoms with Gasteiger partial charge in [0.1, 0.15) is 6.61 Å². The lowest BCUT2D eigenvalue weighted by atomic mass is 10.1. The zero-order chi connectivity index (χ0) is 16.1. The summed E-state index contributed by atoms with van der Waals surface area (Å²) in [5, 5.41) is 3.87. The van der Waals surface area contributed by atoms with Gasteiger partial charge in [-0.05, 0) is 13.0 Å². The maximum absolute atomic E-state index is 14.3. The highest BCUT2D eigenvalue weighted by molar-refractivity contribution is 5.99. The number of nitrogens with zero attached hydrogens (tertiary/aromatic N) is 2. The van der Waals surface area contributed by atoms with Gasteiger partial charge in [0.2, 0.25) is 11.4 Å². The van der Waals surface area contributed by atoms with E-state index in [-0.39, 0.29) is 48.2 Å². The van der Waals surface area contributed by atoms with Crippen molar-refractivity contribution in [2.75, 3.05) is 24.7 Å². The number of ether oxygens (including phenoxy) is 3. The van der Waals surface area contributed by atoms with Crippen LogP contribution in [0.3, 0.4) is 0 Å². The summed E-state index contributed by atoms with van der Waals surface area (Å²) in [5.74, 6) is -2.24. The Kier molecular flexibility index (Phi) is 3.20. The van der Waals surface area contributed by atoms with E-state index in [0.29, 0.717) is 0 Å². The van der Waals surface area contributed by atoms with E-state index in [9.17, 15) is 13.6 Å². The van der Waals surface area contributed by atoms with Gasteiger partial charge >= 0.3 is 6.09 Å². The molecule has 1 aromatic heterocycles. The second-order valence-electron chi connectivity index (χ2n) is 5.35. The largest absolute Gasteiger partial charge is 0.447 e. The molecular weight excluding hydrogens is 314 g/mol. The van der Waals surface area contributed by atoms with Crippen LogP contribution >= 0.6 is 0 Å². The van der Waals surface area contributed by atoms with Crippen LogP contribution in [-0.2, 0) is 14.2 Å². The molecule has 122 valence electrons. The molecule has 4 rings (SSSR count). The molecule has 23 heavy (non-hydrogen) atoms. The molecule has 2 aliphatic rings. The minimum absolute atomic E-state index is 0.0770. The Morgan fingerprint density at radius 3 is 2.65 bits per heavy atom. The fourth-order valence-corrected chi connectivity index (χ4v) is 2.72. The number of carbonyl (C=O) groups excluding carboxylic acids is 1. The van der Waals surface area contributed by atoms with Gasteiger partial charge < -0.3 is 18.7 Å². The number of rotatable bonds is 2. The summed E-state index contributed by atoms with van der Waals surface area (Å²) in [6.07, 6.45) is -1.62. The molecule has 0 saturated carbocycles. The van der Waals surface area contributed by atoms with Gasteiger partial charge in [0.05, 0.1) is 24.6 Å². The van der Waals surface area contributed by atoms with Crippen LogP contribution < -0.4 is 4.90 Å². The standard InChI is InChI=1S/C14H12F2N2O5/c1-6-5-22-14(19)18(6)12-8-4-7(13-20-2-3-21-13)9(15)10(16)11(8)23-17-12/h4,6,13H,2-3,5H2,1H3/t6-/m0/s1. The Hall–Kier alpha value is -2.26. The molecule has 0 unspecified atom stereocenters. The third-order valence-electron chi connectivity index (χ3n) is 3.84. The third-order valence-corrected chi connectivity index (χ3v) is 3.84. The smallest absolute Gasteiger partial charge is 0.416 e. The van der Waals surface area contributed by atoms with Gasteiger partial charge in [-0.15, -0.1) is 0 Å². The molecule has 0 N–H and O–H groups in total. The topological polar surface area (TPSA) is 74.0 Å². The Balaban J connectivity index is 1.89. The summed E-state index contributed by atoms with van der Waals surface area (Å²) in [4.78, 5) is 13.1. The predicted octanol–water partition coefficient (Wildman–Crippen LogP) is 2.50. The molecule has 7 nitrogen and oxygen atoms in total. The SMILES string of the molecule is C[C@H]1COC(=O)N1c1noc2c(F)c(F)c(C3OCCO3)cc12. The van der Waals surface area contributed by atoms with Crippen LogP contribution in [0.15, 0.2) is 10.6 Å². The average molecular weight is 326 g/mol. The normalized spacial score (nSPS) is 22.3. The lowest BCUT2D eigenvalue weighted by Gasteiger charge is -2.15. The van der Waals surface area contributed by atoms with Crippen molar-refractivity contribution >= 4 is 22.9 Å². The summed E-state index contributed by atoms with van der Waals surface area (Å²) in [5.41, 5.74) is -0.469. The maximum atomic E-state index is 14.3. The number of hydrogen-bond donors (Lipinski definition) is 0. The van der Waals surface area contributed by atoms with Gasteiger partial charge in [0.15, 0.2) is 17.9 Å². The number of benzene rings is 1. The van der Waals surface area contributed by atoms with Gasteiger partial charge in [-0.25, -0.2) is 9.18 Å². The molecule has 1 atom stereocenters. The van der Waals surface area contributed by atoms with E-state index in [1.807, 2.05) is 0 Å². The number of carbonyl (C=O) groups is 1. The first-order valence-electron chi connectivity index (χ1n) is 7.04. The first kappa shape index (κ1) is 14.3. The summed E-state index contributed by atoms with van der Waals surface area (Å²) in [6, 6.07) is 1.03. The first-order valence-corrected chi connectivity index (χ1v) is 7.04. The fourth-order valence-electron chi connectivity index (χ4n) is 2.72. The minimum Gasteiger partial charge on any atom is -0.447 e. The van der Waals surface area contributed by atoms with Gasteiger partial charge in [-0.1, -0.05) is 5.16 Å². The van der Waals surface area contributed by atoms with Crippen molar-refractivity contribution in [3.05, 3.63) is 23.3 Å². The summed E-state index contributed by atoms with van der Waals surface area (Å²) in [7, 11) is 0. The fraction of sp³-hybridized carbons (Fsp3) is 0.429. The van der Waals surface area contributed by atoms with Crippen molar-refractivity contribution in [2.45, 2.75) is 19.3 Å². The van der Waals surface area contributed by atoms with Gasteiger partial charge in [0.25, 0.3) is 0 Å². The minimum atomic E-state index is -1.20. The lowest BCUT2D eigenvalue weighted by molar-refractivity contribution is -0.0467. The zero-order valence-corrected chi connectivity index (χ0v) is 12.0. The monoisotopic (exact) mass is 326 g/mol. The Morgan fingerprint density at radius 2 is 2.00 bits per heavy atom. The number of hydrogen-bond acceptors (Lipinski definition) is 6. The van der Waals surface area contributed by atoms with E-state index in [0.717, 1.165) is 0 Å².